The van der Waals surface area contributed by atoms with Crippen LogP contribution in [-0.4, -0.2) is 43.1 Å². The average molecular weight is 267 g/mol. The number of aliphatic hydroxyl groups excluding tert-OH is 1. The molecule has 0 heterocycles. The van der Waals surface area contributed by atoms with Crippen LogP contribution in [0.15, 0.2) is 30.3 Å². The minimum atomic E-state index is -0.490. The predicted molar refractivity (Wildman–Crippen MR) is 76.5 cm³/mol. The Morgan fingerprint density at radius 2 is 1.84 bits per heavy atom. The van der Waals surface area contributed by atoms with Crippen LogP contribution < -0.4 is 10.1 Å². The summed E-state index contributed by atoms with van der Waals surface area (Å²) in [6, 6.07) is 9.61. The number of benzene rings is 1. The third kappa shape index (κ3) is 8.59. The van der Waals surface area contributed by atoms with Crippen molar-refractivity contribution in [2.75, 3.05) is 26.4 Å². The van der Waals surface area contributed by atoms with E-state index in [1.165, 1.54) is 0 Å². The van der Waals surface area contributed by atoms with Crippen LogP contribution in [0.2, 0.25) is 0 Å². The summed E-state index contributed by atoms with van der Waals surface area (Å²) in [7, 11) is 0. The van der Waals surface area contributed by atoms with E-state index in [1.54, 1.807) is 0 Å². The topological polar surface area (TPSA) is 50.7 Å². The van der Waals surface area contributed by atoms with Gasteiger partial charge in [-0.2, -0.15) is 0 Å². The Balaban J connectivity index is 2.01. The van der Waals surface area contributed by atoms with E-state index in [9.17, 15) is 5.11 Å². The molecule has 1 aromatic rings. The number of β-amino-alcohol motifs (C(OH)–C–C–N with tert-alkyl or cyclic N) is 1. The van der Waals surface area contributed by atoms with Gasteiger partial charge in [0, 0.05) is 12.1 Å². The molecular weight excluding hydrogens is 242 g/mol. The van der Waals surface area contributed by atoms with Gasteiger partial charge in [-0.3, -0.25) is 0 Å². The monoisotopic (exact) mass is 267 g/mol. The van der Waals surface area contributed by atoms with Gasteiger partial charge in [-0.15, -0.1) is 0 Å². The fourth-order valence-corrected chi connectivity index (χ4v) is 1.44. The van der Waals surface area contributed by atoms with Gasteiger partial charge in [0.15, 0.2) is 0 Å². The van der Waals surface area contributed by atoms with Gasteiger partial charge in [0.05, 0.1) is 19.3 Å². The molecule has 0 spiro atoms. The molecule has 108 valence electrons. The Kier molecular flexibility index (Phi) is 6.84. The molecular formula is C15H25NO3. The van der Waals surface area contributed by atoms with Crippen molar-refractivity contribution >= 4 is 0 Å². The molecule has 0 fully saturated rings. The number of ether oxygens (including phenoxy) is 2. The lowest BCUT2D eigenvalue weighted by molar-refractivity contribution is 0.0227. The quantitative estimate of drug-likeness (QED) is 0.706. The van der Waals surface area contributed by atoms with Crippen LogP contribution in [0, 0.1) is 0 Å². The highest BCUT2D eigenvalue weighted by atomic mass is 16.5. The Labute approximate surface area is 115 Å². The fraction of sp³-hybridized carbons (Fsp3) is 0.600. The molecule has 0 aromatic heterocycles. The number of aliphatic hydroxyl groups is 1. The molecule has 1 aromatic carbocycles. The SMILES string of the molecule is CC(C)(C)NCC(O)COCCOc1ccccc1. The first kappa shape index (κ1) is 16.0. The zero-order valence-corrected chi connectivity index (χ0v) is 12.1. The summed E-state index contributed by atoms with van der Waals surface area (Å²) in [6.45, 7) is 8.01. The van der Waals surface area contributed by atoms with E-state index >= 15 is 0 Å². The van der Waals surface area contributed by atoms with Crippen molar-refractivity contribution in [1.82, 2.24) is 5.32 Å². The van der Waals surface area contributed by atoms with Gasteiger partial charge in [-0.05, 0) is 32.9 Å². The van der Waals surface area contributed by atoms with Gasteiger partial charge in [0.1, 0.15) is 12.4 Å². The second-order valence-corrected chi connectivity index (χ2v) is 5.52. The second kappa shape index (κ2) is 8.15. The van der Waals surface area contributed by atoms with Crippen LogP contribution in [0.3, 0.4) is 0 Å². The van der Waals surface area contributed by atoms with Crippen LogP contribution in [0.25, 0.3) is 0 Å². The highest BCUT2D eigenvalue weighted by Crippen LogP contribution is 2.07. The van der Waals surface area contributed by atoms with Crippen molar-refractivity contribution in [3.05, 3.63) is 30.3 Å². The summed E-state index contributed by atoms with van der Waals surface area (Å²) in [5.74, 6) is 0.834. The summed E-state index contributed by atoms with van der Waals surface area (Å²) in [4.78, 5) is 0. The van der Waals surface area contributed by atoms with E-state index in [0.717, 1.165) is 5.75 Å². The summed E-state index contributed by atoms with van der Waals surface area (Å²) in [5, 5.41) is 12.9. The lowest BCUT2D eigenvalue weighted by atomic mass is 10.1. The Hall–Kier alpha value is -1.10. The van der Waals surface area contributed by atoms with Crippen LogP contribution in [0.4, 0.5) is 0 Å². The van der Waals surface area contributed by atoms with E-state index in [1.807, 2.05) is 30.3 Å². The highest BCUT2D eigenvalue weighted by Gasteiger charge is 2.11. The number of hydrogen-bond acceptors (Lipinski definition) is 4. The number of hydrogen-bond donors (Lipinski definition) is 2. The van der Waals surface area contributed by atoms with Gasteiger partial charge >= 0.3 is 0 Å². The predicted octanol–water partition coefficient (Wildman–Crippen LogP) is 1.83. The highest BCUT2D eigenvalue weighted by molar-refractivity contribution is 5.20. The van der Waals surface area contributed by atoms with Crippen molar-refractivity contribution in [2.24, 2.45) is 0 Å². The third-order valence-corrected chi connectivity index (χ3v) is 2.42. The molecule has 0 aliphatic rings. The molecule has 4 heteroatoms. The first-order chi connectivity index (χ1) is 8.97. The van der Waals surface area contributed by atoms with Crippen LogP contribution in [0.5, 0.6) is 5.75 Å². The summed E-state index contributed by atoms with van der Waals surface area (Å²) in [5.41, 5.74) is 0.0113. The van der Waals surface area contributed by atoms with Gasteiger partial charge in [0.2, 0.25) is 0 Å². The largest absolute Gasteiger partial charge is 0.491 e. The Bertz CT molecular complexity index is 335. The Morgan fingerprint density at radius 1 is 1.16 bits per heavy atom. The third-order valence-electron chi connectivity index (χ3n) is 2.42. The molecule has 1 atom stereocenters. The minimum Gasteiger partial charge on any atom is -0.491 e. The molecule has 4 nitrogen and oxygen atoms in total. The average Bonchev–Trinajstić information content (AvgIpc) is 2.36. The van der Waals surface area contributed by atoms with Gasteiger partial charge in [-0.1, -0.05) is 18.2 Å². The number of nitrogens with one attached hydrogen (secondary N) is 1. The van der Waals surface area contributed by atoms with Crippen LogP contribution >= 0.6 is 0 Å². The van der Waals surface area contributed by atoms with E-state index in [0.29, 0.717) is 26.4 Å². The zero-order chi connectivity index (χ0) is 14.1. The van der Waals surface area contributed by atoms with Crippen molar-refractivity contribution in [1.29, 1.82) is 0 Å². The van der Waals surface area contributed by atoms with Crippen LogP contribution in [-0.2, 0) is 4.74 Å². The van der Waals surface area contributed by atoms with Gasteiger partial charge in [-0.25, -0.2) is 0 Å². The molecule has 0 bridgehead atoms. The standard InChI is InChI=1S/C15H25NO3/c1-15(2,3)16-11-13(17)12-18-9-10-19-14-7-5-4-6-8-14/h4-8,13,16-17H,9-12H2,1-3H3. The molecule has 0 saturated heterocycles. The van der Waals surface area contributed by atoms with Crippen molar-refractivity contribution in [2.45, 2.75) is 32.4 Å². The van der Waals surface area contributed by atoms with Crippen molar-refractivity contribution in [3.8, 4) is 5.75 Å². The second-order valence-electron chi connectivity index (χ2n) is 5.52. The fourth-order valence-electron chi connectivity index (χ4n) is 1.44. The Morgan fingerprint density at radius 3 is 2.47 bits per heavy atom. The lowest BCUT2D eigenvalue weighted by Gasteiger charge is -2.22. The molecule has 19 heavy (non-hydrogen) atoms. The molecule has 2 N–H and O–H groups in total. The zero-order valence-electron chi connectivity index (χ0n) is 12.1. The van der Waals surface area contributed by atoms with Gasteiger partial charge in [0.25, 0.3) is 0 Å². The van der Waals surface area contributed by atoms with Crippen LogP contribution in [0.1, 0.15) is 20.8 Å². The van der Waals surface area contributed by atoms with E-state index < -0.39 is 6.10 Å². The first-order valence-electron chi connectivity index (χ1n) is 6.66. The summed E-state index contributed by atoms with van der Waals surface area (Å²) < 4.78 is 10.8. The van der Waals surface area contributed by atoms with E-state index in [4.69, 9.17) is 9.47 Å². The maximum absolute atomic E-state index is 9.70. The lowest BCUT2D eigenvalue weighted by Crippen LogP contribution is -2.42. The first-order valence-corrected chi connectivity index (χ1v) is 6.66. The van der Waals surface area contributed by atoms with Gasteiger partial charge < -0.3 is 19.9 Å². The van der Waals surface area contributed by atoms with E-state index in [2.05, 4.69) is 26.1 Å². The number of rotatable bonds is 8. The minimum absolute atomic E-state index is 0.0113. The maximum Gasteiger partial charge on any atom is 0.119 e. The maximum atomic E-state index is 9.70. The smallest absolute Gasteiger partial charge is 0.119 e. The number of para-hydroxylation sites is 1. The molecule has 0 saturated carbocycles. The van der Waals surface area contributed by atoms with Crippen molar-refractivity contribution in [3.63, 3.8) is 0 Å². The summed E-state index contributed by atoms with van der Waals surface area (Å²) in [6.07, 6.45) is -0.490. The van der Waals surface area contributed by atoms with E-state index in [-0.39, 0.29) is 5.54 Å². The molecule has 0 aliphatic heterocycles. The summed E-state index contributed by atoms with van der Waals surface area (Å²) >= 11 is 0. The van der Waals surface area contributed by atoms with Crippen molar-refractivity contribution < 1.29 is 14.6 Å². The normalized spacial score (nSPS) is 13.3. The molecule has 1 rings (SSSR count). The molecule has 0 amide bonds. The molecule has 0 radical (unpaired) electrons. The molecule has 0 aliphatic carbocycles. The molecule has 1 unspecified atom stereocenters.